The van der Waals surface area contributed by atoms with Crippen molar-refractivity contribution in [1.29, 1.82) is 0 Å². The molecule has 0 aliphatic rings. The second-order valence-corrected chi connectivity index (χ2v) is 5.48. The van der Waals surface area contributed by atoms with Gasteiger partial charge in [-0.25, -0.2) is 0 Å². The summed E-state index contributed by atoms with van der Waals surface area (Å²) < 4.78 is 0. The van der Waals surface area contributed by atoms with E-state index in [1.54, 1.807) is 0 Å². The Morgan fingerprint density at radius 1 is 1.19 bits per heavy atom. The van der Waals surface area contributed by atoms with E-state index in [-0.39, 0.29) is 5.54 Å². The van der Waals surface area contributed by atoms with Crippen molar-refractivity contribution < 1.29 is 0 Å². The van der Waals surface area contributed by atoms with Crippen LogP contribution in [0.3, 0.4) is 0 Å². The van der Waals surface area contributed by atoms with E-state index in [1.807, 2.05) is 12.1 Å². The third-order valence-electron chi connectivity index (χ3n) is 2.34. The number of thiocarbonyl (C=S) groups is 1. The highest BCUT2D eigenvalue weighted by molar-refractivity contribution is 7.80. The topological polar surface area (TPSA) is 24.1 Å². The normalized spacial score (nSPS) is 11.1. The standard InChI is InChI=1S/C13H20N2S/c1-9-7-6-8-11(10(9)2)14-12(16)15-13(3,4)5/h6-8H,1-5H3,(H2,14,15,16). The van der Waals surface area contributed by atoms with Gasteiger partial charge in [-0.3, -0.25) is 0 Å². The third-order valence-corrected chi connectivity index (χ3v) is 2.55. The predicted octanol–water partition coefficient (Wildman–Crippen LogP) is 3.39. The third kappa shape index (κ3) is 3.81. The summed E-state index contributed by atoms with van der Waals surface area (Å²) in [5, 5.41) is 7.13. The second kappa shape index (κ2) is 4.83. The SMILES string of the molecule is Cc1cccc(NC(=S)NC(C)(C)C)c1C. The summed E-state index contributed by atoms with van der Waals surface area (Å²) in [6.07, 6.45) is 0. The lowest BCUT2D eigenvalue weighted by atomic mass is 10.1. The molecule has 0 heterocycles. The van der Waals surface area contributed by atoms with E-state index in [0.717, 1.165) is 5.69 Å². The first kappa shape index (κ1) is 13.0. The molecular weight excluding hydrogens is 216 g/mol. The van der Waals surface area contributed by atoms with Crippen LogP contribution in [0.25, 0.3) is 0 Å². The first-order valence-corrected chi connectivity index (χ1v) is 5.86. The largest absolute Gasteiger partial charge is 0.358 e. The maximum atomic E-state index is 5.26. The zero-order chi connectivity index (χ0) is 12.3. The number of nitrogens with one attached hydrogen (secondary N) is 2. The van der Waals surface area contributed by atoms with Crippen LogP contribution in [0.2, 0.25) is 0 Å². The summed E-state index contributed by atoms with van der Waals surface area (Å²) >= 11 is 5.26. The van der Waals surface area contributed by atoms with Crippen molar-refractivity contribution in [3.05, 3.63) is 29.3 Å². The van der Waals surface area contributed by atoms with Crippen LogP contribution >= 0.6 is 12.2 Å². The van der Waals surface area contributed by atoms with Crippen molar-refractivity contribution in [3.63, 3.8) is 0 Å². The lowest BCUT2D eigenvalue weighted by Gasteiger charge is -2.23. The van der Waals surface area contributed by atoms with Gasteiger partial charge in [0.15, 0.2) is 5.11 Å². The van der Waals surface area contributed by atoms with Crippen LogP contribution in [0, 0.1) is 13.8 Å². The lowest BCUT2D eigenvalue weighted by molar-refractivity contribution is 0.515. The second-order valence-electron chi connectivity index (χ2n) is 5.08. The summed E-state index contributed by atoms with van der Waals surface area (Å²) in [5.74, 6) is 0. The molecule has 1 aromatic carbocycles. The molecule has 0 fully saturated rings. The molecule has 1 aromatic rings. The molecule has 2 N–H and O–H groups in total. The van der Waals surface area contributed by atoms with Crippen LogP contribution in [0.5, 0.6) is 0 Å². The highest BCUT2D eigenvalue weighted by Crippen LogP contribution is 2.17. The Hall–Kier alpha value is -1.09. The van der Waals surface area contributed by atoms with Gasteiger partial charge in [0.05, 0.1) is 0 Å². The number of hydrogen-bond acceptors (Lipinski definition) is 1. The molecular formula is C13H20N2S. The molecule has 0 saturated carbocycles. The molecule has 0 radical (unpaired) electrons. The maximum absolute atomic E-state index is 5.26. The van der Waals surface area contributed by atoms with Crippen LogP contribution in [-0.4, -0.2) is 10.7 Å². The molecule has 0 aliphatic heterocycles. The van der Waals surface area contributed by atoms with Crippen molar-refractivity contribution in [3.8, 4) is 0 Å². The minimum Gasteiger partial charge on any atom is -0.358 e. The maximum Gasteiger partial charge on any atom is 0.171 e. The average Bonchev–Trinajstić information content (AvgIpc) is 2.09. The van der Waals surface area contributed by atoms with Crippen LogP contribution in [0.1, 0.15) is 31.9 Å². The van der Waals surface area contributed by atoms with Crippen LogP contribution in [0.4, 0.5) is 5.69 Å². The van der Waals surface area contributed by atoms with Gasteiger partial charge in [0.2, 0.25) is 0 Å². The first-order chi connectivity index (χ1) is 7.29. The summed E-state index contributed by atoms with van der Waals surface area (Å²) in [5.41, 5.74) is 3.56. The van der Waals surface area contributed by atoms with E-state index in [9.17, 15) is 0 Å². The van der Waals surface area contributed by atoms with E-state index in [0.29, 0.717) is 5.11 Å². The van der Waals surface area contributed by atoms with Crippen LogP contribution < -0.4 is 10.6 Å². The Balaban J connectivity index is 2.74. The summed E-state index contributed by atoms with van der Waals surface area (Å²) in [6.45, 7) is 10.5. The predicted molar refractivity (Wildman–Crippen MR) is 75.0 cm³/mol. The van der Waals surface area contributed by atoms with Gasteiger partial charge in [-0.2, -0.15) is 0 Å². The highest BCUT2D eigenvalue weighted by atomic mass is 32.1. The Bertz CT molecular complexity index is 391. The molecule has 0 aliphatic carbocycles. The fourth-order valence-corrected chi connectivity index (χ4v) is 1.80. The Morgan fingerprint density at radius 2 is 1.81 bits per heavy atom. The van der Waals surface area contributed by atoms with Crippen LogP contribution in [0.15, 0.2) is 18.2 Å². The zero-order valence-corrected chi connectivity index (χ0v) is 11.5. The Morgan fingerprint density at radius 3 is 2.38 bits per heavy atom. The number of hydrogen-bond donors (Lipinski definition) is 2. The molecule has 88 valence electrons. The van der Waals surface area contributed by atoms with Crippen molar-refractivity contribution in [2.45, 2.75) is 40.2 Å². The molecule has 0 saturated heterocycles. The smallest absolute Gasteiger partial charge is 0.171 e. The molecule has 0 amide bonds. The first-order valence-electron chi connectivity index (χ1n) is 5.45. The molecule has 0 unspecified atom stereocenters. The molecule has 0 atom stereocenters. The lowest BCUT2D eigenvalue weighted by Crippen LogP contribution is -2.43. The fourth-order valence-electron chi connectivity index (χ4n) is 1.38. The van der Waals surface area contributed by atoms with Gasteiger partial charge in [0.1, 0.15) is 0 Å². The summed E-state index contributed by atoms with van der Waals surface area (Å²) in [6, 6.07) is 6.17. The van der Waals surface area contributed by atoms with Crippen LogP contribution in [-0.2, 0) is 0 Å². The monoisotopic (exact) mass is 236 g/mol. The number of anilines is 1. The van der Waals surface area contributed by atoms with Gasteiger partial charge < -0.3 is 10.6 Å². The molecule has 0 aromatic heterocycles. The van der Waals surface area contributed by atoms with Gasteiger partial charge in [-0.05, 0) is 64.0 Å². The highest BCUT2D eigenvalue weighted by Gasteiger charge is 2.11. The molecule has 1 rings (SSSR count). The molecule has 0 bridgehead atoms. The van der Waals surface area contributed by atoms with Crippen molar-refractivity contribution in [1.82, 2.24) is 5.32 Å². The Labute approximate surface area is 103 Å². The molecule has 3 heteroatoms. The fraction of sp³-hybridized carbons (Fsp3) is 0.462. The summed E-state index contributed by atoms with van der Waals surface area (Å²) in [7, 11) is 0. The van der Waals surface area contributed by atoms with Crippen molar-refractivity contribution >= 4 is 23.0 Å². The molecule has 0 spiro atoms. The van der Waals surface area contributed by atoms with Gasteiger partial charge >= 0.3 is 0 Å². The number of benzene rings is 1. The van der Waals surface area contributed by atoms with Gasteiger partial charge in [0.25, 0.3) is 0 Å². The van der Waals surface area contributed by atoms with E-state index in [2.05, 4.69) is 51.3 Å². The van der Waals surface area contributed by atoms with E-state index in [4.69, 9.17) is 12.2 Å². The minimum absolute atomic E-state index is 0.0121. The minimum atomic E-state index is -0.0121. The van der Waals surface area contributed by atoms with E-state index < -0.39 is 0 Å². The summed E-state index contributed by atoms with van der Waals surface area (Å²) in [4.78, 5) is 0. The van der Waals surface area contributed by atoms with Gasteiger partial charge in [-0.15, -0.1) is 0 Å². The van der Waals surface area contributed by atoms with Gasteiger partial charge in [-0.1, -0.05) is 12.1 Å². The number of aryl methyl sites for hydroxylation is 1. The van der Waals surface area contributed by atoms with Crippen molar-refractivity contribution in [2.24, 2.45) is 0 Å². The Kier molecular flexibility index (Phi) is 3.92. The van der Waals surface area contributed by atoms with E-state index in [1.165, 1.54) is 11.1 Å². The van der Waals surface area contributed by atoms with Gasteiger partial charge in [0, 0.05) is 11.2 Å². The quantitative estimate of drug-likeness (QED) is 0.731. The molecule has 16 heavy (non-hydrogen) atoms. The van der Waals surface area contributed by atoms with E-state index >= 15 is 0 Å². The number of rotatable bonds is 1. The zero-order valence-electron chi connectivity index (χ0n) is 10.6. The molecule has 2 nitrogen and oxygen atoms in total. The average molecular weight is 236 g/mol. The van der Waals surface area contributed by atoms with Crippen molar-refractivity contribution in [2.75, 3.05) is 5.32 Å².